The molecule has 2 aliphatic heterocycles. The number of rotatable bonds is 3. The van der Waals surface area contributed by atoms with Crippen LogP contribution in [-0.2, 0) is 9.53 Å². The summed E-state index contributed by atoms with van der Waals surface area (Å²) in [6.45, 7) is 12.0. The molecule has 2 rings (SSSR count). The second-order valence-corrected chi connectivity index (χ2v) is 7.17. The van der Waals surface area contributed by atoms with Crippen molar-refractivity contribution in [2.75, 3.05) is 26.2 Å². The zero-order valence-corrected chi connectivity index (χ0v) is 12.1. The lowest BCUT2D eigenvalue weighted by Gasteiger charge is -2.45. The summed E-state index contributed by atoms with van der Waals surface area (Å²) < 4.78 is 5.66. The summed E-state index contributed by atoms with van der Waals surface area (Å²) in [6, 6.07) is 0.274. The van der Waals surface area contributed by atoms with E-state index in [-0.39, 0.29) is 17.6 Å². The Balaban J connectivity index is 1.71. The summed E-state index contributed by atoms with van der Waals surface area (Å²) in [6.07, 6.45) is 1.84. The monoisotopic (exact) mass is 254 g/mol. The average Bonchev–Trinajstić information content (AvgIpc) is 2.12. The molecular weight excluding hydrogens is 228 g/mol. The Hall–Kier alpha value is -0.610. The van der Waals surface area contributed by atoms with Crippen LogP contribution in [0.25, 0.3) is 0 Å². The highest BCUT2D eigenvalue weighted by atomic mass is 16.5. The van der Waals surface area contributed by atoms with Gasteiger partial charge in [0.05, 0.1) is 12.1 Å². The van der Waals surface area contributed by atoms with Gasteiger partial charge >= 0.3 is 0 Å². The van der Waals surface area contributed by atoms with E-state index in [1.807, 2.05) is 0 Å². The van der Waals surface area contributed by atoms with E-state index >= 15 is 0 Å². The van der Waals surface area contributed by atoms with Crippen LogP contribution in [0.15, 0.2) is 0 Å². The van der Waals surface area contributed by atoms with E-state index < -0.39 is 0 Å². The van der Waals surface area contributed by atoms with Crippen molar-refractivity contribution in [2.24, 2.45) is 5.41 Å². The Kier molecular flexibility index (Phi) is 3.70. The molecule has 18 heavy (non-hydrogen) atoms. The molecule has 0 aliphatic carbocycles. The summed E-state index contributed by atoms with van der Waals surface area (Å²) in [7, 11) is 0. The van der Waals surface area contributed by atoms with Gasteiger partial charge in [0, 0.05) is 25.7 Å². The Morgan fingerprint density at radius 3 is 2.56 bits per heavy atom. The van der Waals surface area contributed by atoms with Gasteiger partial charge in [0.15, 0.2) is 0 Å². The SMILES string of the molecule is CC1(C)CN(CC(=O)N[C@H]2CCOC(C)(C)C2)C1. The standard InChI is InChI=1S/C14H26N2O2/c1-13(2)9-16(10-13)8-12(17)15-11-5-6-18-14(3,4)7-11/h11H,5-10H2,1-4H3,(H,15,17)/t11-/m0/s1. The number of nitrogens with one attached hydrogen (secondary N) is 1. The van der Waals surface area contributed by atoms with Gasteiger partial charge in [-0.25, -0.2) is 0 Å². The predicted octanol–water partition coefficient (Wildman–Crippen LogP) is 1.40. The van der Waals surface area contributed by atoms with Crippen LogP contribution in [-0.4, -0.2) is 48.7 Å². The number of carbonyl (C=O) groups is 1. The molecule has 0 bridgehead atoms. The van der Waals surface area contributed by atoms with E-state index in [4.69, 9.17) is 4.74 Å². The molecule has 2 fully saturated rings. The van der Waals surface area contributed by atoms with Crippen molar-refractivity contribution >= 4 is 5.91 Å². The molecule has 0 aromatic heterocycles. The van der Waals surface area contributed by atoms with Crippen molar-refractivity contribution in [1.82, 2.24) is 10.2 Å². The quantitative estimate of drug-likeness (QED) is 0.828. The Morgan fingerprint density at radius 2 is 2.00 bits per heavy atom. The van der Waals surface area contributed by atoms with E-state index in [1.165, 1.54) is 0 Å². The second-order valence-electron chi connectivity index (χ2n) is 7.17. The lowest BCUT2D eigenvalue weighted by molar-refractivity contribution is -0.127. The molecule has 0 aromatic carbocycles. The van der Waals surface area contributed by atoms with Crippen molar-refractivity contribution in [2.45, 2.75) is 52.2 Å². The number of hydrogen-bond acceptors (Lipinski definition) is 3. The number of nitrogens with zero attached hydrogens (tertiary/aromatic N) is 1. The molecule has 4 heteroatoms. The Morgan fingerprint density at radius 1 is 1.33 bits per heavy atom. The lowest BCUT2D eigenvalue weighted by Crippen LogP contribution is -2.57. The fourth-order valence-electron chi connectivity index (χ4n) is 3.11. The molecule has 1 amide bonds. The third kappa shape index (κ3) is 3.69. The molecule has 1 N–H and O–H groups in total. The predicted molar refractivity (Wildman–Crippen MR) is 71.4 cm³/mol. The zero-order valence-electron chi connectivity index (χ0n) is 12.1. The van der Waals surface area contributed by atoms with Crippen molar-refractivity contribution < 1.29 is 9.53 Å². The highest BCUT2D eigenvalue weighted by Gasteiger charge is 2.35. The first-order chi connectivity index (χ1) is 8.26. The first-order valence-corrected chi connectivity index (χ1v) is 6.91. The first-order valence-electron chi connectivity index (χ1n) is 6.91. The summed E-state index contributed by atoms with van der Waals surface area (Å²) >= 11 is 0. The molecule has 4 nitrogen and oxygen atoms in total. The van der Waals surface area contributed by atoms with Crippen molar-refractivity contribution in [3.63, 3.8) is 0 Å². The zero-order chi connectivity index (χ0) is 13.4. The Bertz CT molecular complexity index is 318. The minimum Gasteiger partial charge on any atom is -0.375 e. The van der Waals surface area contributed by atoms with Crippen LogP contribution in [0.5, 0.6) is 0 Å². The van der Waals surface area contributed by atoms with E-state index in [2.05, 4.69) is 37.9 Å². The second kappa shape index (κ2) is 4.82. The van der Waals surface area contributed by atoms with Crippen molar-refractivity contribution in [3.8, 4) is 0 Å². The normalized spacial score (nSPS) is 30.6. The number of hydrogen-bond donors (Lipinski definition) is 1. The molecule has 2 heterocycles. The maximum atomic E-state index is 11.9. The summed E-state index contributed by atoms with van der Waals surface area (Å²) in [4.78, 5) is 14.2. The van der Waals surface area contributed by atoms with Gasteiger partial charge in [-0.05, 0) is 32.1 Å². The molecule has 1 atom stereocenters. The van der Waals surface area contributed by atoms with Crippen molar-refractivity contribution in [1.29, 1.82) is 0 Å². The molecule has 104 valence electrons. The maximum Gasteiger partial charge on any atom is 0.234 e. The summed E-state index contributed by atoms with van der Waals surface area (Å²) in [5.41, 5.74) is 0.288. The van der Waals surface area contributed by atoms with Crippen LogP contribution in [0.4, 0.5) is 0 Å². The fraction of sp³-hybridized carbons (Fsp3) is 0.929. The van der Waals surface area contributed by atoms with Crippen LogP contribution in [0, 0.1) is 5.41 Å². The van der Waals surface area contributed by atoms with Crippen LogP contribution in [0.2, 0.25) is 0 Å². The molecular formula is C14H26N2O2. The van der Waals surface area contributed by atoms with Gasteiger partial charge in [-0.15, -0.1) is 0 Å². The van der Waals surface area contributed by atoms with Crippen LogP contribution < -0.4 is 5.32 Å². The largest absolute Gasteiger partial charge is 0.375 e. The first kappa shape index (κ1) is 13.8. The van der Waals surface area contributed by atoms with Gasteiger partial charge < -0.3 is 10.1 Å². The van der Waals surface area contributed by atoms with Gasteiger partial charge in [0.25, 0.3) is 0 Å². The molecule has 0 aromatic rings. The average molecular weight is 254 g/mol. The van der Waals surface area contributed by atoms with E-state index in [0.717, 1.165) is 32.5 Å². The van der Waals surface area contributed by atoms with Gasteiger partial charge in [-0.2, -0.15) is 0 Å². The number of carbonyl (C=O) groups excluding carboxylic acids is 1. The summed E-state index contributed by atoms with van der Waals surface area (Å²) in [5, 5.41) is 3.14. The van der Waals surface area contributed by atoms with Crippen LogP contribution in [0.1, 0.15) is 40.5 Å². The van der Waals surface area contributed by atoms with E-state index in [1.54, 1.807) is 0 Å². The Labute approximate surface area is 110 Å². The lowest BCUT2D eigenvalue weighted by atomic mass is 9.84. The smallest absolute Gasteiger partial charge is 0.234 e. The van der Waals surface area contributed by atoms with E-state index in [0.29, 0.717) is 12.0 Å². The molecule has 0 spiro atoms. The van der Waals surface area contributed by atoms with Gasteiger partial charge in [0.2, 0.25) is 5.91 Å². The highest BCUT2D eigenvalue weighted by Crippen LogP contribution is 2.28. The molecule has 0 radical (unpaired) electrons. The highest BCUT2D eigenvalue weighted by molar-refractivity contribution is 5.78. The molecule has 0 unspecified atom stereocenters. The molecule has 0 saturated carbocycles. The minimum absolute atomic E-state index is 0.102. The number of ether oxygens (including phenoxy) is 1. The van der Waals surface area contributed by atoms with Crippen molar-refractivity contribution in [3.05, 3.63) is 0 Å². The third-order valence-electron chi connectivity index (χ3n) is 3.73. The fourth-order valence-corrected chi connectivity index (χ4v) is 3.11. The maximum absolute atomic E-state index is 11.9. The number of likely N-dealkylation sites (tertiary alicyclic amines) is 1. The van der Waals surface area contributed by atoms with E-state index in [9.17, 15) is 4.79 Å². The van der Waals surface area contributed by atoms with Gasteiger partial charge in [-0.1, -0.05) is 13.8 Å². The van der Waals surface area contributed by atoms with Gasteiger partial charge in [-0.3, -0.25) is 9.69 Å². The van der Waals surface area contributed by atoms with Crippen LogP contribution in [0.3, 0.4) is 0 Å². The topological polar surface area (TPSA) is 41.6 Å². The minimum atomic E-state index is -0.102. The molecule has 2 aliphatic rings. The molecule has 2 saturated heterocycles. The number of amides is 1. The van der Waals surface area contributed by atoms with Gasteiger partial charge in [0.1, 0.15) is 0 Å². The summed E-state index contributed by atoms with van der Waals surface area (Å²) in [5.74, 6) is 0.160. The van der Waals surface area contributed by atoms with Crippen LogP contribution >= 0.6 is 0 Å². The third-order valence-corrected chi connectivity index (χ3v) is 3.73.